The summed E-state index contributed by atoms with van der Waals surface area (Å²) in [5.74, 6) is -2.80. The van der Waals surface area contributed by atoms with Crippen LogP contribution in [-0.2, 0) is 11.2 Å². The fourth-order valence-electron chi connectivity index (χ4n) is 3.48. The first kappa shape index (κ1) is 14.4. The van der Waals surface area contributed by atoms with Crippen molar-refractivity contribution in [3.63, 3.8) is 0 Å². The second-order valence-corrected chi connectivity index (χ2v) is 5.78. The summed E-state index contributed by atoms with van der Waals surface area (Å²) >= 11 is 0. The van der Waals surface area contributed by atoms with Crippen LogP contribution in [0.3, 0.4) is 0 Å². The number of halogens is 3. The van der Waals surface area contributed by atoms with Gasteiger partial charge in [0, 0.05) is 30.5 Å². The Balaban J connectivity index is 1.84. The Hall–Kier alpha value is -1.59. The number of amides is 1. The van der Waals surface area contributed by atoms with Crippen molar-refractivity contribution in [1.29, 1.82) is 0 Å². The third-order valence-corrected chi connectivity index (χ3v) is 4.54. The molecule has 0 saturated heterocycles. The van der Waals surface area contributed by atoms with Crippen molar-refractivity contribution in [1.82, 2.24) is 4.98 Å². The number of carbonyl (C=O) groups is 1. The van der Waals surface area contributed by atoms with Crippen molar-refractivity contribution in [2.45, 2.75) is 38.3 Å². The third kappa shape index (κ3) is 2.63. The number of rotatable bonds is 1. The first-order chi connectivity index (χ1) is 9.98. The Labute approximate surface area is 121 Å². The van der Waals surface area contributed by atoms with Gasteiger partial charge in [-0.25, -0.2) is 0 Å². The molecule has 3 rings (SSSR count). The summed E-state index contributed by atoms with van der Waals surface area (Å²) in [6, 6.07) is 1.71. The summed E-state index contributed by atoms with van der Waals surface area (Å²) in [7, 11) is 0. The van der Waals surface area contributed by atoms with E-state index in [1.807, 2.05) is 0 Å². The number of pyridine rings is 1. The highest BCUT2D eigenvalue weighted by Gasteiger charge is 2.49. The number of hydrogen-bond donors (Lipinski definition) is 0. The van der Waals surface area contributed by atoms with Crippen LogP contribution in [0, 0.1) is 11.8 Å². The lowest BCUT2D eigenvalue weighted by atomic mass is 9.78. The van der Waals surface area contributed by atoms with Gasteiger partial charge in [-0.1, -0.05) is 12.8 Å². The summed E-state index contributed by atoms with van der Waals surface area (Å²) < 4.78 is 39.5. The second kappa shape index (κ2) is 5.31. The summed E-state index contributed by atoms with van der Waals surface area (Å²) in [5, 5.41) is 0. The molecule has 0 radical (unpaired) electrons. The Morgan fingerprint density at radius 3 is 2.81 bits per heavy atom. The monoisotopic (exact) mass is 298 g/mol. The van der Waals surface area contributed by atoms with Gasteiger partial charge in [-0.3, -0.25) is 9.78 Å². The predicted molar refractivity (Wildman–Crippen MR) is 71.8 cm³/mol. The van der Waals surface area contributed by atoms with Crippen molar-refractivity contribution in [3.05, 3.63) is 24.0 Å². The molecule has 0 spiro atoms. The number of fused-ring (bicyclic) bond motifs is 1. The number of anilines is 1. The fraction of sp³-hybridized carbons (Fsp3) is 0.600. The lowest BCUT2D eigenvalue weighted by Gasteiger charge is -2.34. The molecule has 1 aromatic heterocycles. The van der Waals surface area contributed by atoms with Gasteiger partial charge in [0.15, 0.2) is 0 Å². The van der Waals surface area contributed by atoms with Gasteiger partial charge in [0.05, 0.1) is 5.92 Å². The van der Waals surface area contributed by atoms with Gasteiger partial charge in [0.2, 0.25) is 5.91 Å². The predicted octanol–water partition coefficient (Wildman–Crippen LogP) is 3.34. The van der Waals surface area contributed by atoms with E-state index in [-0.39, 0.29) is 12.3 Å². The summed E-state index contributed by atoms with van der Waals surface area (Å²) in [4.78, 5) is 18.1. The Morgan fingerprint density at radius 1 is 1.29 bits per heavy atom. The molecule has 114 valence electrons. The maximum atomic E-state index is 13.2. The largest absolute Gasteiger partial charge is 0.392 e. The van der Waals surface area contributed by atoms with Crippen LogP contribution in [-0.4, -0.2) is 23.6 Å². The lowest BCUT2D eigenvalue weighted by molar-refractivity contribution is -0.197. The van der Waals surface area contributed by atoms with E-state index in [1.54, 1.807) is 18.5 Å². The Bertz CT molecular complexity index is 544. The molecule has 0 N–H and O–H groups in total. The Morgan fingerprint density at radius 2 is 2.05 bits per heavy atom. The molecule has 0 unspecified atom stereocenters. The van der Waals surface area contributed by atoms with Crippen LogP contribution in [0.15, 0.2) is 18.5 Å². The van der Waals surface area contributed by atoms with Crippen LogP contribution >= 0.6 is 0 Å². The Kier molecular flexibility index (Phi) is 3.63. The summed E-state index contributed by atoms with van der Waals surface area (Å²) in [6.45, 7) is 0.459. The molecule has 6 heteroatoms. The van der Waals surface area contributed by atoms with Crippen LogP contribution < -0.4 is 4.90 Å². The van der Waals surface area contributed by atoms with Crippen molar-refractivity contribution in [2.24, 2.45) is 11.8 Å². The van der Waals surface area contributed by atoms with Crippen molar-refractivity contribution >= 4 is 11.6 Å². The molecule has 2 heterocycles. The normalized spacial score (nSPS) is 25.8. The van der Waals surface area contributed by atoms with Gasteiger partial charge >= 0.3 is 6.18 Å². The van der Waals surface area contributed by atoms with Crippen molar-refractivity contribution in [2.75, 3.05) is 11.4 Å². The van der Waals surface area contributed by atoms with Gasteiger partial charge in [-0.2, -0.15) is 13.2 Å². The standard InChI is InChI=1S/C15H17F3N2O/c16-15(17,18)12-4-2-1-3-11(12)14(21)20-8-6-10-9-19-7-5-13(10)20/h5,7,9,11-12H,1-4,6,8H2/t11-,12+/m1/s1. The highest BCUT2D eigenvalue weighted by molar-refractivity contribution is 5.97. The molecular weight excluding hydrogens is 281 g/mol. The maximum Gasteiger partial charge on any atom is 0.392 e. The van der Waals surface area contributed by atoms with E-state index < -0.39 is 18.0 Å². The summed E-state index contributed by atoms with van der Waals surface area (Å²) in [6.07, 6.45) is 1.28. The van der Waals surface area contributed by atoms with E-state index >= 15 is 0 Å². The van der Waals surface area contributed by atoms with Gasteiger partial charge in [-0.15, -0.1) is 0 Å². The van der Waals surface area contributed by atoms with E-state index in [0.29, 0.717) is 32.2 Å². The van der Waals surface area contributed by atoms with Gasteiger partial charge in [0.1, 0.15) is 0 Å². The van der Waals surface area contributed by atoms with Crippen molar-refractivity contribution in [3.8, 4) is 0 Å². The molecule has 3 nitrogen and oxygen atoms in total. The van der Waals surface area contributed by atoms with Crippen LogP contribution in [0.5, 0.6) is 0 Å². The van der Waals surface area contributed by atoms with Crippen molar-refractivity contribution < 1.29 is 18.0 Å². The highest BCUT2D eigenvalue weighted by atomic mass is 19.4. The third-order valence-electron chi connectivity index (χ3n) is 4.54. The van der Waals surface area contributed by atoms with Crippen LogP contribution in [0.1, 0.15) is 31.2 Å². The van der Waals surface area contributed by atoms with E-state index in [9.17, 15) is 18.0 Å². The van der Waals surface area contributed by atoms with Crippen LogP contribution in [0.2, 0.25) is 0 Å². The van der Waals surface area contributed by atoms with E-state index in [4.69, 9.17) is 0 Å². The minimum atomic E-state index is -4.29. The first-order valence-electron chi connectivity index (χ1n) is 7.29. The molecule has 21 heavy (non-hydrogen) atoms. The molecule has 2 atom stereocenters. The topological polar surface area (TPSA) is 33.2 Å². The SMILES string of the molecule is O=C([C@@H]1CCCC[C@@H]1C(F)(F)F)N1CCc2cnccc21. The average Bonchev–Trinajstić information content (AvgIpc) is 2.89. The minimum Gasteiger partial charge on any atom is -0.311 e. The number of carbonyl (C=O) groups excluding carboxylic acids is 1. The fourth-order valence-corrected chi connectivity index (χ4v) is 3.48. The van der Waals surface area contributed by atoms with E-state index in [0.717, 1.165) is 11.3 Å². The number of alkyl halides is 3. The molecule has 1 fully saturated rings. The zero-order chi connectivity index (χ0) is 15.0. The first-order valence-corrected chi connectivity index (χ1v) is 7.29. The highest BCUT2D eigenvalue weighted by Crippen LogP contribution is 2.43. The molecule has 1 amide bonds. The molecule has 0 aromatic carbocycles. The van der Waals surface area contributed by atoms with E-state index in [1.165, 1.54) is 4.90 Å². The molecule has 2 aliphatic rings. The molecule has 1 aliphatic carbocycles. The molecule has 1 aromatic rings. The second-order valence-electron chi connectivity index (χ2n) is 5.78. The van der Waals surface area contributed by atoms with Gasteiger partial charge in [0.25, 0.3) is 0 Å². The number of hydrogen-bond acceptors (Lipinski definition) is 2. The van der Waals surface area contributed by atoms with Gasteiger partial charge < -0.3 is 4.90 Å². The van der Waals surface area contributed by atoms with Crippen LogP contribution in [0.4, 0.5) is 18.9 Å². The zero-order valence-electron chi connectivity index (χ0n) is 11.6. The maximum absolute atomic E-state index is 13.2. The lowest BCUT2D eigenvalue weighted by Crippen LogP contribution is -2.44. The molecule has 1 aliphatic heterocycles. The molecule has 1 saturated carbocycles. The quantitative estimate of drug-likeness (QED) is 0.796. The molecule has 0 bridgehead atoms. The minimum absolute atomic E-state index is 0.0664. The number of aromatic nitrogens is 1. The summed E-state index contributed by atoms with van der Waals surface area (Å²) in [5.41, 5.74) is 1.66. The van der Waals surface area contributed by atoms with Crippen LogP contribution in [0.25, 0.3) is 0 Å². The smallest absolute Gasteiger partial charge is 0.311 e. The molecular formula is C15H17F3N2O. The number of nitrogens with zero attached hydrogens (tertiary/aromatic N) is 2. The van der Waals surface area contributed by atoms with E-state index in [2.05, 4.69) is 4.98 Å². The van der Waals surface area contributed by atoms with Gasteiger partial charge in [-0.05, 0) is 30.9 Å². The zero-order valence-corrected chi connectivity index (χ0v) is 11.6. The average molecular weight is 298 g/mol.